The van der Waals surface area contributed by atoms with E-state index < -0.39 is 0 Å². The number of hydrogen-bond donors (Lipinski definition) is 0. The number of rotatable bonds is 6. The molecular formula is C23H29NOS2. The molecule has 27 heavy (non-hydrogen) atoms. The van der Waals surface area contributed by atoms with Crippen LogP contribution in [0, 0.1) is 0 Å². The van der Waals surface area contributed by atoms with Gasteiger partial charge in [0.15, 0.2) is 0 Å². The highest BCUT2D eigenvalue weighted by molar-refractivity contribution is 8.22. The lowest BCUT2D eigenvalue weighted by Gasteiger charge is -2.29. The molecular weight excluding hydrogens is 370 g/mol. The minimum Gasteiger partial charge on any atom is -0.475 e. The molecule has 0 aromatic heterocycles. The van der Waals surface area contributed by atoms with Crippen LogP contribution in [0.25, 0.3) is 0 Å². The van der Waals surface area contributed by atoms with Gasteiger partial charge in [-0.1, -0.05) is 66.4 Å². The van der Waals surface area contributed by atoms with Crippen LogP contribution in [0.1, 0.15) is 48.3 Å². The summed E-state index contributed by atoms with van der Waals surface area (Å²) in [7, 11) is 4.22. The quantitative estimate of drug-likeness (QED) is 0.551. The lowest BCUT2D eigenvalue weighted by atomic mass is 9.82. The molecule has 0 atom stereocenters. The van der Waals surface area contributed by atoms with Gasteiger partial charge in [-0.2, -0.15) is 0 Å². The van der Waals surface area contributed by atoms with E-state index in [1.165, 1.54) is 29.5 Å². The third-order valence-electron chi connectivity index (χ3n) is 5.09. The summed E-state index contributed by atoms with van der Waals surface area (Å²) in [6, 6.07) is 19.6. The number of nitrogens with zero attached hydrogens (tertiary/aromatic N) is 1. The Kier molecular flexibility index (Phi) is 7.74. The van der Waals surface area contributed by atoms with Gasteiger partial charge in [-0.05, 0) is 74.6 Å². The van der Waals surface area contributed by atoms with E-state index in [0.29, 0.717) is 10.3 Å². The van der Waals surface area contributed by atoms with Crippen LogP contribution in [-0.4, -0.2) is 29.5 Å². The molecule has 2 nitrogen and oxygen atoms in total. The highest BCUT2D eigenvalue weighted by Gasteiger charge is 2.24. The predicted molar refractivity (Wildman–Crippen MR) is 120 cm³/mol. The SMILES string of the molecule is CN(C)Cc1ccc(C2CCC(OC(=S)SCc3ccccc3)CC2)cc1. The first-order valence-electron chi connectivity index (χ1n) is 9.71. The first-order valence-corrected chi connectivity index (χ1v) is 11.1. The number of ether oxygens (including phenoxy) is 1. The van der Waals surface area contributed by atoms with Gasteiger partial charge in [0.05, 0.1) is 0 Å². The van der Waals surface area contributed by atoms with Gasteiger partial charge >= 0.3 is 0 Å². The minimum absolute atomic E-state index is 0.282. The molecule has 2 aromatic carbocycles. The molecule has 1 saturated carbocycles. The summed E-state index contributed by atoms with van der Waals surface area (Å²) < 4.78 is 6.74. The molecule has 0 radical (unpaired) electrons. The van der Waals surface area contributed by atoms with Crippen LogP contribution >= 0.6 is 24.0 Å². The largest absolute Gasteiger partial charge is 0.475 e. The zero-order valence-electron chi connectivity index (χ0n) is 16.3. The Morgan fingerprint density at radius 2 is 1.63 bits per heavy atom. The average molecular weight is 400 g/mol. The monoisotopic (exact) mass is 399 g/mol. The van der Waals surface area contributed by atoms with Crippen molar-refractivity contribution in [3.05, 3.63) is 71.3 Å². The number of benzene rings is 2. The maximum Gasteiger partial charge on any atom is 0.220 e. The van der Waals surface area contributed by atoms with E-state index in [1.54, 1.807) is 11.8 Å². The molecule has 0 heterocycles. The van der Waals surface area contributed by atoms with Gasteiger partial charge in [-0.25, -0.2) is 0 Å². The summed E-state index contributed by atoms with van der Waals surface area (Å²) in [5.74, 6) is 1.54. The maximum atomic E-state index is 6.05. The Balaban J connectivity index is 1.41. The molecule has 3 rings (SSSR count). The van der Waals surface area contributed by atoms with E-state index in [1.807, 2.05) is 6.07 Å². The summed E-state index contributed by atoms with van der Waals surface area (Å²) in [6.45, 7) is 0.999. The lowest BCUT2D eigenvalue weighted by molar-refractivity contribution is 0.144. The third kappa shape index (κ3) is 6.63. The number of hydrogen-bond acceptors (Lipinski definition) is 4. The van der Waals surface area contributed by atoms with Crippen molar-refractivity contribution >= 4 is 28.4 Å². The number of thioether (sulfide) groups is 1. The average Bonchev–Trinajstić information content (AvgIpc) is 2.68. The van der Waals surface area contributed by atoms with Crippen molar-refractivity contribution in [2.45, 2.75) is 50.0 Å². The van der Waals surface area contributed by atoms with Crippen molar-refractivity contribution in [3.8, 4) is 0 Å². The Morgan fingerprint density at radius 1 is 0.963 bits per heavy atom. The van der Waals surface area contributed by atoms with Crippen LogP contribution in [0.2, 0.25) is 0 Å². The Hall–Kier alpha value is -1.36. The molecule has 0 bridgehead atoms. The van der Waals surface area contributed by atoms with Gasteiger partial charge in [0, 0.05) is 12.3 Å². The first kappa shape index (κ1) is 20.4. The highest BCUT2D eigenvalue weighted by Crippen LogP contribution is 2.35. The zero-order valence-corrected chi connectivity index (χ0v) is 17.9. The van der Waals surface area contributed by atoms with Crippen LogP contribution < -0.4 is 0 Å². The van der Waals surface area contributed by atoms with Crippen molar-refractivity contribution in [2.75, 3.05) is 14.1 Å². The highest BCUT2D eigenvalue weighted by atomic mass is 32.2. The summed E-state index contributed by atoms with van der Waals surface area (Å²) in [5, 5.41) is 0. The van der Waals surface area contributed by atoms with E-state index in [2.05, 4.69) is 67.5 Å². The van der Waals surface area contributed by atoms with Crippen molar-refractivity contribution in [3.63, 3.8) is 0 Å². The van der Waals surface area contributed by atoms with Crippen molar-refractivity contribution < 1.29 is 4.74 Å². The van der Waals surface area contributed by atoms with Gasteiger partial charge in [0.2, 0.25) is 4.38 Å². The molecule has 0 aliphatic heterocycles. The van der Waals surface area contributed by atoms with Crippen LogP contribution in [-0.2, 0) is 17.0 Å². The lowest BCUT2D eigenvalue weighted by Crippen LogP contribution is -2.22. The molecule has 1 aliphatic rings. The van der Waals surface area contributed by atoms with E-state index in [0.717, 1.165) is 25.1 Å². The second-order valence-corrected chi connectivity index (χ2v) is 9.17. The predicted octanol–water partition coefficient (Wildman–Crippen LogP) is 6.01. The Morgan fingerprint density at radius 3 is 2.26 bits per heavy atom. The fourth-order valence-corrected chi connectivity index (χ4v) is 4.65. The topological polar surface area (TPSA) is 12.5 Å². The van der Waals surface area contributed by atoms with Gasteiger partial charge in [-0.3, -0.25) is 0 Å². The Labute approximate surface area is 173 Å². The summed E-state index contributed by atoms with van der Waals surface area (Å²) in [5.41, 5.74) is 4.13. The van der Waals surface area contributed by atoms with E-state index in [-0.39, 0.29) is 6.10 Å². The molecule has 0 N–H and O–H groups in total. The zero-order chi connectivity index (χ0) is 19.1. The third-order valence-corrected chi connectivity index (χ3v) is 6.35. The van der Waals surface area contributed by atoms with Gasteiger partial charge < -0.3 is 9.64 Å². The molecule has 0 spiro atoms. The second-order valence-electron chi connectivity index (χ2n) is 7.60. The van der Waals surface area contributed by atoms with Gasteiger partial charge in [0.1, 0.15) is 6.10 Å². The molecule has 4 heteroatoms. The van der Waals surface area contributed by atoms with Crippen LogP contribution in [0.4, 0.5) is 0 Å². The summed E-state index contributed by atoms with van der Waals surface area (Å²) >= 11 is 7.07. The van der Waals surface area contributed by atoms with Crippen LogP contribution in [0.15, 0.2) is 54.6 Å². The smallest absolute Gasteiger partial charge is 0.220 e. The van der Waals surface area contributed by atoms with Crippen molar-refractivity contribution in [2.24, 2.45) is 0 Å². The maximum absolute atomic E-state index is 6.05. The van der Waals surface area contributed by atoms with Crippen molar-refractivity contribution in [1.29, 1.82) is 0 Å². The normalized spacial score (nSPS) is 19.8. The molecule has 2 aromatic rings. The van der Waals surface area contributed by atoms with E-state index in [9.17, 15) is 0 Å². The molecule has 0 saturated heterocycles. The molecule has 0 unspecified atom stereocenters. The van der Waals surface area contributed by atoms with Gasteiger partial charge in [-0.15, -0.1) is 0 Å². The minimum atomic E-state index is 0.282. The van der Waals surface area contributed by atoms with E-state index in [4.69, 9.17) is 17.0 Å². The fraction of sp³-hybridized carbons (Fsp3) is 0.435. The summed E-state index contributed by atoms with van der Waals surface area (Å²) in [6.07, 6.45) is 4.84. The van der Waals surface area contributed by atoms with Crippen LogP contribution in [0.5, 0.6) is 0 Å². The second kappa shape index (κ2) is 10.3. The van der Waals surface area contributed by atoms with E-state index >= 15 is 0 Å². The number of thiocarbonyl (C=S) groups is 1. The fourth-order valence-electron chi connectivity index (χ4n) is 3.66. The Bertz CT molecular complexity index is 707. The summed E-state index contributed by atoms with van der Waals surface area (Å²) in [4.78, 5) is 2.20. The van der Waals surface area contributed by atoms with Crippen LogP contribution in [0.3, 0.4) is 0 Å². The van der Waals surface area contributed by atoms with Gasteiger partial charge in [0.25, 0.3) is 0 Å². The molecule has 1 fully saturated rings. The van der Waals surface area contributed by atoms with Crippen molar-refractivity contribution in [1.82, 2.24) is 4.90 Å². The standard InChI is InChI=1S/C23H29NOS2/c1-24(2)16-18-8-10-20(11-9-18)21-12-14-22(15-13-21)25-23(26)27-17-19-6-4-3-5-7-19/h3-11,21-22H,12-17H2,1-2H3. The molecule has 144 valence electrons. The molecule has 1 aliphatic carbocycles. The first-order chi connectivity index (χ1) is 13.1. The molecule has 0 amide bonds.